The lowest BCUT2D eigenvalue weighted by molar-refractivity contribution is 0.202. The molecule has 1 aromatic heterocycles. The summed E-state index contributed by atoms with van der Waals surface area (Å²) < 4.78 is 10.6. The Kier molecular flexibility index (Phi) is 4.09. The van der Waals surface area contributed by atoms with Gasteiger partial charge in [0.2, 0.25) is 5.88 Å². The molecule has 0 radical (unpaired) electrons. The van der Waals surface area contributed by atoms with Gasteiger partial charge in [-0.3, -0.25) is 0 Å². The summed E-state index contributed by atoms with van der Waals surface area (Å²) >= 11 is 0. The molecule has 0 fully saturated rings. The van der Waals surface area contributed by atoms with Crippen LogP contribution in [0.15, 0.2) is 36.7 Å². The number of ether oxygens (including phenoxy) is 2. The highest BCUT2D eigenvalue weighted by molar-refractivity contribution is 5.35. The van der Waals surface area contributed by atoms with Crippen molar-refractivity contribution in [3.8, 4) is 11.6 Å². The van der Waals surface area contributed by atoms with Crippen LogP contribution < -0.4 is 10.5 Å². The Morgan fingerprint density at radius 3 is 2.61 bits per heavy atom. The minimum atomic E-state index is 0.386. The first kappa shape index (κ1) is 12.3. The maximum absolute atomic E-state index is 5.56. The van der Waals surface area contributed by atoms with Crippen LogP contribution in [-0.2, 0) is 11.2 Å². The number of hydrogen-bond acceptors (Lipinski definition) is 5. The van der Waals surface area contributed by atoms with Gasteiger partial charge in [-0.05, 0) is 24.1 Å². The Balaban J connectivity index is 2.02. The van der Waals surface area contributed by atoms with Gasteiger partial charge in [0, 0.05) is 13.2 Å². The second-order valence-corrected chi connectivity index (χ2v) is 3.77. The number of rotatable bonds is 5. The van der Waals surface area contributed by atoms with Crippen molar-refractivity contribution < 1.29 is 9.47 Å². The Bertz CT molecular complexity index is 500. The van der Waals surface area contributed by atoms with Crippen LogP contribution in [-0.4, -0.2) is 23.7 Å². The molecule has 2 N–H and O–H groups in total. The molecule has 1 aromatic carbocycles. The average molecular weight is 245 g/mol. The van der Waals surface area contributed by atoms with Crippen molar-refractivity contribution in [2.24, 2.45) is 0 Å². The highest BCUT2D eigenvalue weighted by Gasteiger charge is 2.00. The molecular weight excluding hydrogens is 230 g/mol. The number of nitrogens with two attached hydrogens (primary N) is 1. The van der Waals surface area contributed by atoms with Crippen molar-refractivity contribution in [1.29, 1.82) is 0 Å². The molecule has 5 heteroatoms. The predicted molar refractivity (Wildman–Crippen MR) is 68.5 cm³/mol. The molecule has 0 saturated carbocycles. The molecule has 0 unspecified atom stereocenters. The van der Waals surface area contributed by atoms with E-state index in [9.17, 15) is 0 Å². The molecule has 18 heavy (non-hydrogen) atoms. The van der Waals surface area contributed by atoms with Gasteiger partial charge in [-0.25, -0.2) is 9.97 Å². The van der Waals surface area contributed by atoms with Gasteiger partial charge in [-0.15, -0.1) is 0 Å². The summed E-state index contributed by atoms with van der Waals surface area (Å²) in [7, 11) is 1.69. The van der Waals surface area contributed by atoms with Gasteiger partial charge >= 0.3 is 0 Å². The van der Waals surface area contributed by atoms with E-state index in [4.69, 9.17) is 15.2 Å². The number of anilines is 1. The lowest BCUT2D eigenvalue weighted by Gasteiger charge is -2.06. The smallest absolute Gasteiger partial charge is 0.224 e. The molecule has 0 aliphatic rings. The zero-order valence-electron chi connectivity index (χ0n) is 10.2. The third-order valence-electron chi connectivity index (χ3n) is 2.40. The molecule has 0 aliphatic carbocycles. The SMILES string of the molecule is COCCc1ccc(Oc2cc(N)ncn2)cc1. The van der Waals surface area contributed by atoms with E-state index in [0.29, 0.717) is 24.1 Å². The van der Waals surface area contributed by atoms with Crippen LogP contribution >= 0.6 is 0 Å². The second-order valence-electron chi connectivity index (χ2n) is 3.77. The number of hydrogen-bond donors (Lipinski definition) is 1. The van der Waals surface area contributed by atoms with Gasteiger partial charge < -0.3 is 15.2 Å². The van der Waals surface area contributed by atoms with Gasteiger partial charge in [0.05, 0.1) is 6.61 Å². The summed E-state index contributed by atoms with van der Waals surface area (Å²) in [6.45, 7) is 0.711. The third kappa shape index (κ3) is 3.43. The number of nitrogen functional groups attached to an aromatic ring is 1. The second kappa shape index (κ2) is 5.97. The minimum Gasteiger partial charge on any atom is -0.439 e. The van der Waals surface area contributed by atoms with Gasteiger partial charge in [-0.1, -0.05) is 12.1 Å². The number of nitrogens with zero attached hydrogens (tertiary/aromatic N) is 2. The van der Waals surface area contributed by atoms with E-state index in [2.05, 4.69) is 9.97 Å². The van der Waals surface area contributed by atoms with E-state index in [1.807, 2.05) is 24.3 Å². The molecule has 0 bridgehead atoms. The highest BCUT2D eigenvalue weighted by atomic mass is 16.5. The molecule has 0 spiro atoms. The fourth-order valence-electron chi connectivity index (χ4n) is 1.47. The van der Waals surface area contributed by atoms with Crippen molar-refractivity contribution in [2.75, 3.05) is 19.5 Å². The summed E-state index contributed by atoms with van der Waals surface area (Å²) in [6.07, 6.45) is 2.26. The molecule has 2 rings (SSSR count). The summed E-state index contributed by atoms with van der Waals surface area (Å²) in [5.74, 6) is 1.54. The van der Waals surface area contributed by atoms with E-state index in [1.165, 1.54) is 11.9 Å². The normalized spacial score (nSPS) is 10.3. The zero-order chi connectivity index (χ0) is 12.8. The molecule has 2 aromatic rings. The number of methoxy groups -OCH3 is 1. The standard InChI is InChI=1S/C13H15N3O2/c1-17-7-6-10-2-4-11(5-3-10)18-13-8-12(14)15-9-16-13/h2-5,8-9H,6-7H2,1H3,(H2,14,15,16). The van der Waals surface area contributed by atoms with Crippen LogP contribution in [0.1, 0.15) is 5.56 Å². The first-order chi connectivity index (χ1) is 8.78. The summed E-state index contributed by atoms with van der Waals surface area (Å²) in [6, 6.07) is 9.36. The molecular formula is C13H15N3O2. The maximum atomic E-state index is 5.56. The van der Waals surface area contributed by atoms with Crippen LogP contribution in [0.4, 0.5) is 5.82 Å². The largest absolute Gasteiger partial charge is 0.439 e. The summed E-state index contributed by atoms with van der Waals surface area (Å²) in [4.78, 5) is 7.78. The summed E-state index contributed by atoms with van der Waals surface area (Å²) in [5.41, 5.74) is 6.75. The molecule has 0 saturated heterocycles. The van der Waals surface area contributed by atoms with Crippen molar-refractivity contribution in [3.63, 3.8) is 0 Å². The van der Waals surface area contributed by atoms with E-state index >= 15 is 0 Å². The summed E-state index contributed by atoms with van der Waals surface area (Å²) in [5, 5.41) is 0. The van der Waals surface area contributed by atoms with Crippen LogP contribution in [0.3, 0.4) is 0 Å². The van der Waals surface area contributed by atoms with E-state index in [1.54, 1.807) is 13.2 Å². The van der Waals surface area contributed by atoms with Gasteiger partial charge in [-0.2, -0.15) is 0 Å². The van der Waals surface area contributed by atoms with Crippen LogP contribution in [0.25, 0.3) is 0 Å². The third-order valence-corrected chi connectivity index (χ3v) is 2.40. The first-order valence-corrected chi connectivity index (χ1v) is 5.61. The van der Waals surface area contributed by atoms with Crippen molar-refractivity contribution in [1.82, 2.24) is 9.97 Å². The average Bonchev–Trinajstić information content (AvgIpc) is 2.38. The Morgan fingerprint density at radius 1 is 1.17 bits per heavy atom. The fraction of sp³-hybridized carbons (Fsp3) is 0.231. The quantitative estimate of drug-likeness (QED) is 0.872. The highest BCUT2D eigenvalue weighted by Crippen LogP contribution is 2.20. The predicted octanol–water partition coefficient (Wildman–Crippen LogP) is 2.04. The molecule has 5 nitrogen and oxygen atoms in total. The molecule has 1 heterocycles. The fourth-order valence-corrected chi connectivity index (χ4v) is 1.47. The first-order valence-electron chi connectivity index (χ1n) is 5.61. The monoisotopic (exact) mass is 245 g/mol. The Hall–Kier alpha value is -2.14. The lowest BCUT2D eigenvalue weighted by atomic mass is 10.1. The molecule has 94 valence electrons. The Labute approximate surface area is 106 Å². The van der Waals surface area contributed by atoms with Gasteiger partial charge in [0.1, 0.15) is 17.9 Å². The molecule has 0 aliphatic heterocycles. The van der Waals surface area contributed by atoms with Crippen LogP contribution in [0, 0.1) is 0 Å². The van der Waals surface area contributed by atoms with Crippen molar-refractivity contribution in [2.45, 2.75) is 6.42 Å². The van der Waals surface area contributed by atoms with Crippen LogP contribution in [0.2, 0.25) is 0 Å². The van der Waals surface area contributed by atoms with Gasteiger partial charge in [0.15, 0.2) is 0 Å². The van der Waals surface area contributed by atoms with Crippen LogP contribution in [0.5, 0.6) is 11.6 Å². The zero-order valence-corrected chi connectivity index (χ0v) is 10.2. The Morgan fingerprint density at radius 2 is 1.94 bits per heavy atom. The van der Waals surface area contributed by atoms with E-state index < -0.39 is 0 Å². The molecule has 0 amide bonds. The van der Waals surface area contributed by atoms with E-state index in [0.717, 1.165) is 6.42 Å². The maximum Gasteiger partial charge on any atom is 0.224 e. The minimum absolute atomic E-state index is 0.386. The van der Waals surface area contributed by atoms with E-state index in [-0.39, 0.29) is 0 Å². The topological polar surface area (TPSA) is 70.3 Å². The molecule has 0 atom stereocenters. The lowest BCUT2D eigenvalue weighted by Crippen LogP contribution is -1.95. The van der Waals surface area contributed by atoms with Gasteiger partial charge in [0.25, 0.3) is 0 Å². The van der Waals surface area contributed by atoms with Crippen molar-refractivity contribution >= 4 is 5.82 Å². The number of benzene rings is 1. The number of aromatic nitrogens is 2. The van der Waals surface area contributed by atoms with Crippen molar-refractivity contribution in [3.05, 3.63) is 42.2 Å².